The van der Waals surface area contributed by atoms with Crippen LogP contribution < -0.4 is 5.32 Å². The molecule has 0 fully saturated rings. The number of hydrogen-bond acceptors (Lipinski definition) is 4. The van der Waals surface area contributed by atoms with Gasteiger partial charge in [-0.05, 0) is 12.8 Å². The molecule has 1 amide bonds. The average molecular weight is 243 g/mol. The fraction of sp³-hybridized carbons (Fsp3) is 0.636. The summed E-state index contributed by atoms with van der Waals surface area (Å²) in [5.41, 5.74) is 0. The van der Waals surface area contributed by atoms with Gasteiger partial charge >= 0.3 is 5.97 Å². The van der Waals surface area contributed by atoms with Crippen LogP contribution in [0.15, 0.2) is 12.2 Å². The van der Waals surface area contributed by atoms with E-state index in [0.717, 1.165) is 0 Å². The average Bonchev–Trinajstić information content (AvgIpc) is 2.35. The van der Waals surface area contributed by atoms with Gasteiger partial charge in [-0.2, -0.15) is 0 Å². The topological polar surface area (TPSA) is 107 Å². The van der Waals surface area contributed by atoms with Gasteiger partial charge in [0, 0.05) is 6.54 Å². The van der Waals surface area contributed by atoms with Gasteiger partial charge in [0.15, 0.2) is 0 Å². The van der Waals surface area contributed by atoms with Crippen LogP contribution in [0.1, 0.15) is 12.8 Å². The van der Waals surface area contributed by atoms with Gasteiger partial charge in [-0.25, -0.2) is 0 Å². The summed E-state index contributed by atoms with van der Waals surface area (Å²) < 4.78 is 0. The summed E-state index contributed by atoms with van der Waals surface area (Å²) in [5.74, 6) is -2.71. The molecule has 6 nitrogen and oxygen atoms in total. The number of rotatable bonds is 5. The molecule has 4 N–H and O–H groups in total. The summed E-state index contributed by atoms with van der Waals surface area (Å²) in [4.78, 5) is 22.7. The molecule has 0 aliphatic heterocycles. The van der Waals surface area contributed by atoms with Gasteiger partial charge in [-0.1, -0.05) is 12.2 Å². The van der Waals surface area contributed by atoms with Crippen molar-refractivity contribution in [3.63, 3.8) is 0 Å². The molecule has 0 aromatic rings. The first kappa shape index (κ1) is 13.7. The number of amides is 1. The Morgan fingerprint density at radius 2 is 1.88 bits per heavy atom. The van der Waals surface area contributed by atoms with Crippen LogP contribution in [0.2, 0.25) is 0 Å². The molecule has 96 valence electrons. The summed E-state index contributed by atoms with van der Waals surface area (Å²) in [6.45, 7) is -0.505. The summed E-state index contributed by atoms with van der Waals surface area (Å²) >= 11 is 0. The Hall–Kier alpha value is -1.40. The molecule has 17 heavy (non-hydrogen) atoms. The van der Waals surface area contributed by atoms with Crippen molar-refractivity contribution in [1.82, 2.24) is 5.32 Å². The molecule has 1 aliphatic rings. The molecule has 3 atom stereocenters. The minimum Gasteiger partial charge on any atom is -0.481 e. The van der Waals surface area contributed by atoms with E-state index < -0.39 is 36.4 Å². The maximum Gasteiger partial charge on any atom is 0.307 e. The van der Waals surface area contributed by atoms with Gasteiger partial charge < -0.3 is 20.6 Å². The highest BCUT2D eigenvalue weighted by Gasteiger charge is 2.33. The van der Waals surface area contributed by atoms with Crippen molar-refractivity contribution in [3.8, 4) is 0 Å². The number of aliphatic carboxylic acids is 1. The van der Waals surface area contributed by atoms with Crippen molar-refractivity contribution < 1.29 is 24.9 Å². The van der Waals surface area contributed by atoms with Crippen LogP contribution >= 0.6 is 0 Å². The van der Waals surface area contributed by atoms with E-state index in [1.165, 1.54) is 0 Å². The molecule has 0 saturated heterocycles. The third-order valence-corrected chi connectivity index (χ3v) is 2.81. The quantitative estimate of drug-likeness (QED) is 0.469. The largest absolute Gasteiger partial charge is 0.481 e. The Balaban J connectivity index is 2.54. The molecule has 6 heteroatoms. The zero-order valence-electron chi connectivity index (χ0n) is 9.37. The predicted octanol–water partition coefficient (Wildman–Crippen LogP) is -0.877. The van der Waals surface area contributed by atoms with Crippen LogP contribution in [-0.2, 0) is 9.59 Å². The normalized spacial score (nSPS) is 25.3. The Morgan fingerprint density at radius 1 is 1.29 bits per heavy atom. The van der Waals surface area contributed by atoms with Crippen molar-refractivity contribution in [2.45, 2.75) is 18.9 Å². The molecule has 0 heterocycles. The lowest BCUT2D eigenvalue weighted by molar-refractivity contribution is -0.147. The van der Waals surface area contributed by atoms with Gasteiger partial charge in [0.2, 0.25) is 5.91 Å². The molecule has 1 rings (SSSR count). The molecular weight excluding hydrogens is 226 g/mol. The van der Waals surface area contributed by atoms with Crippen LogP contribution in [0.4, 0.5) is 0 Å². The van der Waals surface area contributed by atoms with Crippen LogP contribution in [0.3, 0.4) is 0 Å². The third-order valence-electron chi connectivity index (χ3n) is 2.81. The Kier molecular flexibility index (Phi) is 5.11. The van der Waals surface area contributed by atoms with Crippen molar-refractivity contribution >= 4 is 11.9 Å². The summed E-state index contributed by atoms with van der Waals surface area (Å²) in [6.07, 6.45) is 3.26. The van der Waals surface area contributed by atoms with Crippen LogP contribution in [0.25, 0.3) is 0 Å². The molecule has 0 radical (unpaired) electrons. The lowest BCUT2D eigenvalue weighted by Crippen LogP contribution is -2.42. The van der Waals surface area contributed by atoms with Crippen molar-refractivity contribution in [1.29, 1.82) is 0 Å². The maximum atomic E-state index is 11.7. The number of allylic oxidation sites excluding steroid dienone is 2. The van der Waals surface area contributed by atoms with Gasteiger partial charge in [0.05, 0.1) is 24.5 Å². The fourth-order valence-electron chi connectivity index (χ4n) is 1.79. The third kappa shape index (κ3) is 3.83. The molecule has 0 spiro atoms. The Morgan fingerprint density at radius 3 is 2.41 bits per heavy atom. The van der Waals surface area contributed by atoms with Gasteiger partial charge in [-0.15, -0.1) is 0 Å². The Labute approximate surface area is 98.9 Å². The lowest BCUT2D eigenvalue weighted by atomic mass is 9.82. The van der Waals surface area contributed by atoms with E-state index in [-0.39, 0.29) is 6.54 Å². The second-order valence-electron chi connectivity index (χ2n) is 4.08. The first-order valence-corrected chi connectivity index (χ1v) is 5.50. The summed E-state index contributed by atoms with van der Waals surface area (Å²) in [7, 11) is 0. The number of carbonyl (C=O) groups is 2. The number of carbonyl (C=O) groups excluding carboxylic acids is 1. The van der Waals surface area contributed by atoms with E-state index in [2.05, 4.69) is 5.32 Å². The zero-order chi connectivity index (χ0) is 12.8. The highest BCUT2D eigenvalue weighted by Crippen LogP contribution is 2.25. The fourth-order valence-corrected chi connectivity index (χ4v) is 1.79. The van der Waals surface area contributed by atoms with Gasteiger partial charge in [-0.3, -0.25) is 9.59 Å². The van der Waals surface area contributed by atoms with Crippen LogP contribution in [-0.4, -0.2) is 46.5 Å². The number of nitrogens with one attached hydrogen (secondary N) is 1. The second-order valence-corrected chi connectivity index (χ2v) is 4.08. The first-order valence-electron chi connectivity index (χ1n) is 5.50. The van der Waals surface area contributed by atoms with E-state index in [9.17, 15) is 9.59 Å². The number of carboxylic acids is 1. The van der Waals surface area contributed by atoms with Crippen molar-refractivity contribution in [3.05, 3.63) is 12.2 Å². The molecule has 0 aromatic carbocycles. The van der Waals surface area contributed by atoms with Crippen molar-refractivity contribution in [2.24, 2.45) is 11.8 Å². The second kappa shape index (κ2) is 6.36. The molecule has 1 aliphatic carbocycles. The van der Waals surface area contributed by atoms with E-state index in [4.69, 9.17) is 15.3 Å². The zero-order valence-corrected chi connectivity index (χ0v) is 9.37. The molecule has 0 saturated carbocycles. The molecule has 3 unspecified atom stereocenters. The van der Waals surface area contributed by atoms with Gasteiger partial charge in [0.25, 0.3) is 0 Å². The maximum absolute atomic E-state index is 11.7. The molecule has 0 aromatic heterocycles. The van der Waals surface area contributed by atoms with Crippen molar-refractivity contribution in [2.75, 3.05) is 13.2 Å². The highest BCUT2D eigenvalue weighted by atomic mass is 16.4. The number of aliphatic hydroxyl groups excluding tert-OH is 2. The first-order chi connectivity index (χ1) is 8.06. The number of carboxylic acid groups (broad SMARTS) is 1. The monoisotopic (exact) mass is 243 g/mol. The van der Waals surface area contributed by atoms with Crippen LogP contribution in [0.5, 0.6) is 0 Å². The van der Waals surface area contributed by atoms with E-state index in [1.807, 2.05) is 0 Å². The minimum atomic E-state index is -1.01. The molecular formula is C11H17NO5. The number of aliphatic hydroxyl groups is 2. The lowest BCUT2D eigenvalue weighted by Gasteiger charge is -2.24. The smallest absolute Gasteiger partial charge is 0.307 e. The summed E-state index contributed by atoms with van der Waals surface area (Å²) in [5, 5.41) is 29.1. The Bertz CT molecular complexity index is 315. The standard InChI is InChI=1S/C11H17NO5/c13-6-7(14)5-12-10(15)8-3-1-2-4-9(8)11(16)17/h1-2,7-9,13-14H,3-6H2,(H,12,15)(H,16,17). The van der Waals surface area contributed by atoms with Crippen LogP contribution in [0, 0.1) is 11.8 Å². The highest BCUT2D eigenvalue weighted by molar-refractivity contribution is 5.85. The SMILES string of the molecule is O=C(O)C1CC=CCC1C(=O)NCC(O)CO. The summed E-state index contributed by atoms with van der Waals surface area (Å²) in [6, 6.07) is 0. The number of hydrogen-bond donors (Lipinski definition) is 4. The van der Waals surface area contributed by atoms with Gasteiger partial charge in [0.1, 0.15) is 0 Å². The van der Waals surface area contributed by atoms with E-state index >= 15 is 0 Å². The van der Waals surface area contributed by atoms with E-state index in [0.29, 0.717) is 12.8 Å². The van der Waals surface area contributed by atoms with E-state index in [1.54, 1.807) is 12.2 Å². The molecule has 0 bridgehead atoms. The predicted molar refractivity (Wildman–Crippen MR) is 59.1 cm³/mol. The minimum absolute atomic E-state index is 0.0676.